The summed E-state index contributed by atoms with van der Waals surface area (Å²) >= 11 is 0. The maximum absolute atomic E-state index is 5.26. The highest BCUT2D eigenvalue weighted by Gasteiger charge is 2.18. The van der Waals surface area contributed by atoms with E-state index in [1.807, 2.05) is 30.3 Å². The van der Waals surface area contributed by atoms with Gasteiger partial charge in [-0.05, 0) is 12.1 Å². The molecule has 0 N–H and O–H groups in total. The Labute approximate surface area is 69.7 Å². The van der Waals surface area contributed by atoms with Crippen LogP contribution in [0.4, 0.5) is 0 Å². The van der Waals surface area contributed by atoms with E-state index in [2.05, 4.69) is 10.3 Å². The molecule has 4 heteroatoms. The van der Waals surface area contributed by atoms with E-state index >= 15 is 0 Å². The zero-order valence-electron chi connectivity index (χ0n) is 6.29. The third-order valence-corrected chi connectivity index (χ3v) is 1.34. The van der Waals surface area contributed by atoms with E-state index in [0.717, 1.165) is 5.75 Å². The second-order valence-electron chi connectivity index (χ2n) is 2.21. The Morgan fingerprint density at radius 1 is 1.17 bits per heavy atom. The lowest BCUT2D eigenvalue weighted by Crippen LogP contribution is -2.18. The number of para-hydroxylation sites is 1. The average Bonchev–Trinajstić information content (AvgIpc) is 2.59. The molecule has 0 aliphatic carbocycles. The van der Waals surface area contributed by atoms with E-state index < -0.39 is 0 Å². The van der Waals surface area contributed by atoms with Gasteiger partial charge < -0.3 is 0 Å². The molecule has 0 fully saturated rings. The molecule has 1 aromatic rings. The molecule has 0 unspecified atom stereocenters. The molecule has 0 atom stereocenters. The fourth-order valence-corrected chi connectivity index (χ4v) is 0.835. The smallest absolute Gasteiger partial charge is 0.221 e. The number of nitrogens with zero attached hydrogens (tertiary/aromatic N) is 3. The van der Waals surface area contributed by atoms with Crippen molar-refractivity contribution in [3.8, 4) is 5.75 Å². The van der Waals surface area contributed by atoms with Crippen LogP contribution in [-0.2, 0) is 0 Å². The average molecular weight is 161 g/mol. The summed E-state index contributed by atoms with van der Waals surface area (Å²) in [5.41, 5.74) is 0. The first kappa shape index (κ1) is 7.00. The number of hydrogen-bond donors (Lipinski definition) is 0. The fourth-order valence-electron chi connectivity index (χ4n) is 0.835. The van der Waals surface area contributed by atoms with Crippen molar-refractivity contribution in [1.29, 1.82) is 0 Å². The summed E-state index contributed by atoms with van der Waals surface area (Å²) in [5.74, 6) is 0.739. The normalized spacial score (nSPS) is 15.3. The van der Waals surface area contributed by atoms with Crippen LogP contribution in [0.2, 0.25) is 0 Å². The Kier molecular flexibility index (Phi) is 1.83. The van der Waals surface area contributed by atoms with Crippen LogP contribution in [0, 0.1) is 0 Å². The number of hydrogen-bond acceptors (Lipinski definition) is 4. The standard InChI is InChI=1S/C8H7N3O/c1-2-4-8(5-3-1)12-11-7-6-9-10-11/h1-7H/q+1. The molecule has 0 aromatic heterocycles. The van der Waals surface area contributed by atoms with E-state index in [1.54, 1.807) is 12.4 Å². The number of hydroxylamine groups is 1. The van der Waals surface area contributed by atoms with E-state index in [1.165, 1.54) is 5.17 Å². The van der Waals surface area contributed by atoms with Gasteiger partial charge in [-0.1, -0.05) is 23.3 Å². The molecule has 2 rings (SSSR count). The zero-order valence-corrected chi connectivity index (χ0v) is 6.29. The predicted octanol–water partition coefficient (Wildman–Crippen LogP) is 1.97. The number of benzene rings is 1. The molecule has 12 heavy (non-hydrogen) atoms. The van der Waals surface area contributed by atoms with Crippen molar-refractivity contribution in [2.45, 2.75) is 0 Å². The molecule has 4 nitrogen and oxygen atoms in total. The lowest BCUT2D eigenvalue weighted by Gasteiger charge is -1.94. The Balaban J connectivity index is 2.04. The maximum Gasteiger partial charge on any atom is 0.255 e. The van der Waals surface area contributed by atoms with Crippen LogP contribution in [0.25, 0.3) is 0 Å². The van der Waals surface area contributed by atoms with Gasteiger partial charge in [0, 0.05) is 0 Å². The fraction of sp³-hybridized carbons (Fsp3) is 0. The SMILES string of the molecule is C1=C[N+](Oc2ccccc2)N=N1. The third-order valence-electron chi connectivity index (χ3n) is 1.34. The molecule has 0 saturated carbocycles. The van der Waals surface area contributed by atoms with E-state index in [-0.39, 0.29) is 0 Å². The molecule has 59 valence electrons. The van der Waals surface area contributed by atoms with Gasteiger partial charge in [-0.15, -0.1) is 0 Å². The molecule has 1 aliphatic heterocycles. The highest BCUT2D eigenvalue weighted by atomic mass is 16.7. The molecule has 0 spiro atoms. The summed E-state index contributed by atoms with van der Waals surface area (Å²) < 4.78 is 0. The van der Waals surface area contributed by atoms with Crippen LogP contribution < -0.4 is 10.0 Å². The van der Waals surface area contributed by atoms with Gasteiger partial charge in [0.15, 0.2) is 0 Å². The molecule has 0 amide bonds. The predicted molar refractivity (Wildman–Crippen MR) is 43.2 cm³/mol. The third kappa shape index (κ3) is 1.49. The lowest BCUT2D eigenvalue weighted by atomic mass is 10.3. The van der Waals surface area contributed by atoms with Crippen molar-refractivity contribution in [3.05, 3.63) is 42.7 Å². The summed E-state index contributed by atoms with van der Waals surface area (Å²) in [7, 11) is 0. The van der Waals surface area contributed by atoms with E-state index in [9.17, 15) is 0 Å². The van der Waals surface area contributed by atoms with Gasteiger partial charge in [0.2, 0.25) is 10.9 Å². The Bertz CT molecular complexity index is 295. The summed E-state index contributed by atoms with van der Waals surface area (Å²) in [6, 6.07) is 9.41. The molecule has 0 saturated heterocycles. The first-order chi connectivity index (χ1) is 5.95. The van der Waals surface area contributed by atoms with Crippen LogP contribution in [-0.4, -0.2) is 0 Å². The summed E-state index contributed by atoms with van der Waals surface area (Å²) in [4.78, 5) is 5.26. The monoisotopic (exact) mass is 161 g/mol. The second-order valence-corrected chi connectivity index (χ2v) is 2.21. The van der Waals surface area contributed by atoms with Crippen LogP contribution in [0.5, 0.6) is 5.75 Å². The minimum atomic E-state index is 0.739. The first-order valence-corrected chi connectivity index (χ1v) is 3.55. The van der Waals surface area contributed by atoms with Gasteiger partial charge >= 0.3 is 0 Å². The van der Waals surface area contributed by atoms with Gasteiger partial charge in [-0.3, -0.25) is 0 Å². The lowest BCUT2D eigenvalue weighted by molar-refractivity contribution is 0.0958. The van der Waals surface area contributed by atoms with E-state index in [4.69, 9.17) is 4.84 Å². The zero-order chi connectivity index (χ0) is 8.23. The van der Waals surface area contributed by atoms with Crippen molar-refractivity contribution in [3.63, 3.8) is 0 Å². The molecule has 1 aromatic carbocycles. The van der Waals surface area contributed by atoms with Crippen molar-refractivity contribution < 1.29 is 4.84 Å². The molecular formula is C8H7N3O+. The molecule has 0 bridgehead atoms. The molecule has 1 heterocycles. The summed E-state index contributed by atoms with van der Waals surface area (Å²) in [5, 5.41) is 8.56. The highest BCUT2D eigenvalue weighted by molar-refractivity contribution is 5.20. The van der Waals surface area contributed by atoms with Crippen LogP contribution >= 0.6 is 0 Å². The van der Waals surface area contributed by atoms with Gasteiger partial charge in [-0.2, -0.15) is 0 Å². The minimum absolute atomic E-state index is 0.739. The quantitative estimate of drug-likeness (QED) is 0.611. The van der Waals surface area contributed by atoms with Gasteiger partial charge in [0.1, 0.15) is 11.4 Å². The van der Waals surface area contributed by atoms with Crippen molar-refractivity contribution in [1.82, 2.24) is 5.17 Å². The van der Waals surface area contributed by atoms with Crippen molar-refractivity contribution in [2.24, 2.45) is 10.3 Å². The molecule has 1 aliphatic rings. The Hall–Kier alpha value is -1.68. The summed E-state index contributed by atoms with van der Waals surface area (Å²) in [6.07, 6.45) is 3.19. The van der Waals surface area contributed by atoms with Gasteiger partial charge in [0.05, 0.1) is 0 Å². The maximum atomic E-state index is 5.26. The largest absolute Gasteiger partial charge is 0.255 e. The van der Waals surface area contributed by atoms with Crippen molar-refractivity contribution >= 4 is 0 Å². The van der Waals surface area contributed by atoms with Crippen LogP contribution in [0.15, 0.2) is 53.1 Å². The van der Waals surface area contributed by atoms with Crippen LogP contribution in [0.1, 0.15) is 0 Å². The molecular weight excluding hydrogens is 154 g/mol. The number of rotatable bonds is 2. The highest BCUT2D eigenvalue weighted by Crippen LogP contribution is 2.11. The topological polar surface area (TPSA) is 39.9 Å². The molecule has 1 radical (unpaired) electrons. The second kappa shape index (κ2) is 3.15. The van der Waals surface area contributed by atoms with Gasteiger partial charge in [-0.25, -0.2) is 4.84 Å². The Morgan fingerprint density at radius 2 is 2.00 bits per heavy atom. The van der Waals surface area contributed by atoms with Gasteiger partial charge in [0.25, 0.3) is 6.20 Å². The van der Waals surface area contributed by atoms with E-state index in [0.29, 0.717) is 0 Å². The Morgan fingerprint density at radius 3 is 2.67 bits per heavy atom. The van der Waals surface area contributed by atoms with Crippen LogP contribution in [0.3, 0.4) is 0 Å². The summed E-state index contributed by atoms with van der Waals surface area (Å²) in [6.45, 7) is 0. The minimum Gasteiger partial charge on any atom is -0.221 e. The van der Waals surface area contributed by atoms with Crippen molar-refractivity contribution in [2.75, 3.05) is 0 Å². The first-order valence-electron chi connectivity index (χ1n) is 3.55.